The van der Waals surface area contributed by atoms with Crippen molar-refractivity contribution >= 4 is 38.9 Å². The van der Waals surface area contributed by atoms with Crippen molar-refractivity contribution in [3.63, 3.8) is 0 Å². The lowest BCUT2D eigenvalue weighted by Crippen LogP contribution is -2.37. The molecule has 3 aromatic carbocycles. The minimum absolute atomic E-state index is 0.135. The molecule has 0 spiro atoms. The van der Waals surface area contributed by atoms with Crippen molar-refractivity contribution in [1.29, 1.82) is 0 Å². The van der Waals surface area contributed by atoms with E-state index in [2.05, 4.69) is 14.9 Å². The second-order valence-electron chi connectivity index (χ2n) is 8.87. The van der Waals surface area contributed by atoms with Crippen LogP contribution in [0.5, 0.6) is 0 Å². The highest BCUT2D eigenvalue weighted by Gasteiger charge is 2.31. The Hall–Kier alpha value is -3.08. The van der Waals surface area contributed by atoms with Crippen molar-refractivity contribution < 1.29 is 26.4 Å². The van der Waals surface area contributed by atoms with E-state index < -0.39 is 21.8 Å². The second kappa shape index (κ2) is 11.1. The van der Waals surface area contributed by atoms with Gasteiger partial charge in [0.1, 0.15) is 0 Å². The van der Waals surface area contributed by atoms with Gasteiger partial charge in [-0.3, -0.25) is 14.4 Å². The van der Waals surface area contributed by atoms with Gasteiger partial charge in [-0.1, -0.05) is 29.8 Å². The van der Waals surface area contributed by atoms with E-state index in [-0.39, 0.29) is 22.4 Å². The van der Waals surface area contributed by atoms with Crippen LogP contribution in [0.2, 0.25) is 5.02 Å². The molecule has 0 unspecified atom stereocenters. The highest BCUT2D eigenvalue weighted by atomic mass is 35.5. The van der Waals surface area contributed by atoms with Crippen LogP contribution in [-0.4, -0.2) is 32.3 Å². The molecular formula is C26H25ClF3N3O3S. The number of rotatable bonds is 7. The number of carbonyl (C=O) groups is 1. The fourth-order valence-corrected chi connectivity index (χ4v) is 5.31. The molecule has 0 saturated carbocycles. The van der Waals surface area contributed by atoms with E-state index in [0.29, 0.717) is 23.6 Å². The number of hydrogen-bond acceptors (Lipinski definition) is 4. The van der Waals surface area contributed by atoms with Crippen molar-refractivity contribution in [2.24, 2.45) is 5.92 Å². The normalized spacial score (nSPS) is 15.4. The number of benzene rings is 3. The summed E-state index contributed by atoms with van der Waals surface area (Å²) in [4.78, 5) is 14.9. The number of nitrogens with zero attached hydrogens (tertiary/aromatic N) is 1. The summed E-state index contributed by atoms with van der Waals surface area (Å²) < 4.78 is 66.1. The number of likely N-dealkylation sites (tertiary alicyclic amines) is 1. The molecule has 2 N–H and O–H groups in total. The highest BCUT2D eigenvalue weighted by Crippen LogP contribution is 2.31. The van der Waals surface area contributed by atoms with Crippen LogP contribution in [0.1, 0.15) is 24.0 Å². The number of alkyl halides is 3. The molecule has 0 aromatic heterocycles. The Balaban J connectivity index is 1.31. The first-order valence-electron chi connectivity index (χ1n) is 11.6. The molecule has 1 saturated heterocycles. The maximum atomic E-state index is 12.9. The average molecular weight is 552 g/mol. The first kappa shape index (κ1) is 27.0. The third kappa shape index (κ3) is 7.24. The molecule has 4 rings (SSSR count). The molecule has 0 aliphatic carbocycles. The molecule has 1 heterocycles. The summed E-state index contributed by atoms with van der Waals surface area (Å²) in [5, 5.41) is 3.51. The van der Waals surface area contributed by atoms with Crippen LogP contribution in [0.25, 0.3) is 0 Å². The Labute approximate surface area is 218 Å². The predicted molar refractivity (Wildman–Crippen MR) is 137 cm³/mol. The van der Waals surface area contributed by atoms with E-state index in [9.17, 15) is 26.4 Å². The van der Waals surface area contributed by atoms with E-state index in [1.54, 1.807) is 0 Å². The maximum Gasteiger partial charge on any atom is 0.416 e. The zero-order chi connectivity index (χ0) is 26.6. The van der Waals surface area contributed by atoms with Gasteiger partial charge in [0.2, 0.25) is 5.91 Å². The van der Waals surface area contributed by atoms with E-state index in [1.807, 2.05) is 24.3 Å². The minimum Gasteiger partial charge on any atom is -0.326 e. The van der Waals surface area contributed by atoms with E-state index in [1.165, 1.54) is 30.3 Å². The topological polar surface area (TPSA) is 78.5 Å². The van der Waals surface area contributed by atoms with Crippen molar-refractivity contribution in [3.05, 3.63) is 88.9 Å². The van der Waals surface area contributed by atoms with Crippen LogP contribution in [0, 0.1) is 5.92 Å². The van der Waals surface area contributed by atoms with Crippen molar-refractivity contribution in [2.45, 2.75) is 30.5 Å². The second-order valence-corrected chi connectivity index (χ2v) is 11.0. The maximum absolute atomic E-state index is 12.9. The number of piperidine rings is 1. The SMILES string of the molecule is O=C(Nc1ccc(S(=O)(=O)Nc2cccc(C(F)(F)F)c2)cc1)C1CCN(Cc2ccc(Cl)cc2)CC1. The molecule has 37 heavy (non-hydrogen) atoms. The highest BCUT2D eigenvalue weighted by molar-refractivity contribution is 7.92. The fourth-order valence-electron chi connectivity index (χ4n) is 4.14. The number of hydrogen-bond donors (Lipinski definition) is 2. The van der Waals surface area contributed by atoms with Crippen molar-refractivity contribution in [2.75, 3.05) is 23.1 Å². The van der Waals surface area contributed by atoms with Crippen molar-refractivity contribution in [1.82, 2.24) is 4.90 Å². The molecule has 0 bridgehead atoms. The van der Waals surface area contributed by atoms with Crippen LogP contribution in [0.15, 0.2) is 77.7 Å². The Morgan fingerprint density at radius 1 is 0.946 bits per heavy atom. The van der Waals surface area contributed by atoms with E-state index >= 15 is 0 Å². The number of sulfonamides is 1. The molecule has 1 fully saturated rings. The monoisotopic (exact) mass is 551 g/mol. The molecule has 0 radical (unpaired) electrons. The third-order valence-electron chi connectivity index (χ3n) is 6.15. The van der Waals surface area contributed by atoms with Crippen LogP contribution in [0.3, 0.4) is 0 Å². The molecule has 1 aliphatic rings. The van der Waals surface area contributed by atoms with Gasteiger partial charge >= 0.3 is 6.18 Å². The number of nitrogens with one attached hydrogen (secondary N) is 2. The Morgan fingerprint density at radius 3 is 2.22 bits per heavy atom. The molecule has 6 nitrogen and oxygen atoms in total. The van der Waals surface area contributed by atoms with E-state index in [4.69, 9.17) is 11.6 Å². The summed E-state index contributed by atoms with van der Waals surface area (Å²) in [6, 6.07) is 17.1. The summed E-state index contributed by atoms with van der Waals surface area (Å²) in [6.45, 7) is 2.34. The summed E-state index contributed by atoms with van der Waals surface area (Å²) in [7, 11) is -4.12. The number of halogens is 4. The van der Waals surface area contributed by atoms with Gasteiger partial charge in [-0.25, -0.2) is 8.42 Å². The predicted octanol–water partition coefficient (Wildman–Crippen LogP) is 6.01. The molecule has 11 heteroatoms. The number of carbonyl (C=O) groups excluding carboxylic acids is 1. The smallest absolute Gasteiger partial charge is 0.326 e. The standard InChI is InChI=1S/C26H25ClF3N3O3S/c27-21-6-4-18(5-7-21)17-33-14-12-19(13-15-33)25(34)31-22-8-10-24(11-9-22)37(35,36)32-23-3-1-2-20(16-23)26(28,29)30/h1-11,16,19,32H,12-15,17H2,(H,31,34). The average Bonchev–Trinajstić information content (AvgIpc) is 2.85. The van der Waals surface area contributed by atoms with Crippen LogP contribution in [-0.2, 0) is 27.5 Å². The molecule has 3 aromatic rings. The largest absolute Gasteiger partial charge is 0.416 e. The van der Waals surface area contributed by atoms with Crippen LogP contribution < -0.4 is 10.0 Å². The lowest BCUT2D eigenvalue weighted by atomic mass is 9.95. The van der Waals surface area contributed by atoms with Gasteiger partial charge in [-0.2, -0.15) is 13.2 Å². The molecule has 0 atom stereocenters. The Kier molecular flexibility index (Phi) is 8.11. The number of anilines is 2. The molecule has 1 aliphatic heterocycles. The summed E-state index contributed by atoms with van der Waals surface area (Å²) >= 11 is 5.93. The first-order valence-corrected chi connectivity index (χ1v) is 13.4. The summed E-state index contributed by atoms with van der Waals surface area (Å²) in [5.74, 6) is -0.295. The van der Waals surface area contributed by atoms with Gasteiger partial charge in [0, 0.05) is 28.9 Å². The molecule has 196 valence electrons. The van der Waals surface area contributed by atoms with Crippen molar-refractivity contribution in [3.8, 4) is 0 Å². The fraction of sp³-hybridized carbons (Fsp3) is 0.269. The van der Waals surface area contributed by atoms with Crippen LogP contribution in [0.4, 0.5) is 24.5 Å². The zero-order valence-corrected chi connectivity index (χ0v) is 21.2. The van der Waals surface area contributed by atoms with Gasteiger partial charge in [0.05, 0.1) is 10.5 Å². The first-order chi connectivity index (χ1) is 17.5. The van der Waals surface area contributed by atoms with Gasteiger partial charge in [-0.05, 0) is 86.1 Å². The Morgan fingerprint density at radius 2 is 1.59 bits per heavy atom. The lowest BCUT2D eigenvalue weighted by molar-refractivity contribution is -0.137. The summed E-state index contributed by atoms with van der Waals surface area (Å²) in [6.07, 6.45) is -3.19. The lowest BCUT2D eigenvalue weighted by Gasteiger charge is -2.31. The minimum atomic E-state index is -4.59. The van der Waals surface area contributed by atoms with Gasteiger partial charge in [0.25, 0.3) is 10.0 Å². The van der Waals surface area contributed by atoms with Gasteiger partial charge in [0.15, 0.2) is 0 Å². The third-order valence-corrected chi connectivity index (χ3v) is 7.80. The molecule has 1 amide bonds. The number of amides is 1. The zero-order valence-electron chi connectivity index (χ0n) is 19.6. The van der Waals surface area contributed by atoms with Crippen LogP contribution >= 0.6 is 11.6 Å². The quantitative estimate of drug-likeness (QED) is 0.377. The van der Waals surface area contributed by atoms with E-state index in [0.717, 1.165) is 43.4 Å². The van der Waals surface area contributed by atoms with Gasteiger partial charge in [-0.15, -0.1) is 0 Å². The summed E-state index contributed by atoms with van der Waals surface area (Å²) in [5.41, 5.74) is 0.438. The molecular weight excluding hydrogens is 527 g/mol. The van der Waals surface area contributed by atoms with Gasteiger partial charge < -0.3 is 5.32 Å². The Bertz CT molecular complexity index is 1340.